The molecule has 1 unspecified atom stereocenters. The number of carbonyl (C=O) groups excluding carboxylic acids is 3. The van der Waals surface area contributed by atoms with Gasteiger partial charge in [0.2, 0.25) is 11.8 Å². The third kappa shape index (κ3) is 5.53. The molecular formula is C32H33Cl2IN4O4. The number of hydrogen-bond acceptors (Lipinski definition) is 4. The highest BCUT2D eigenvalue weighted by Gasteiger charge is 2.62. The predicted octanol–water partition coefficient (Wildman–Crippen LogP) is 6.24. The number of fused-ring (bicyclic) bond motifs is 2. The Bertz CT molecular complexity index is 1540. The quantitative estimate of drug-likeness (QED) is 0.365. The van der Waals surface area contributed by atoms with Crippen LogP contribution in [-0.2, 0) is 15.0 Å². The summed E-state index contributed by atoms with van der Waals surface area (Å²) in [5, 5.41) is 7.54. The molecule has 2 aromatic rings. The number of nitrogens with zero attached hydrogens (tertiary/aromatic N) is 2. The highest BCUT2D eigenvalue weighted by atomic mass is 127. The molecule has 226 valence electrons. The van der Waals surface area contributed by atoms with Crippen LogP contribution in [0.3, 0.4) is 0 Å². The first-order valence-electron chi connectivity index (χ1n) is 14.4. The van der Waals surface area contributed by atoms with Crippen LogP contribution in [0.5, 0.6) is 5.75 Å². The number of anilines is 1. The molecule has 2 N–H and O–H groups in total. The number of benzene rings is 2. The molecule has 0 aromatic heterocycles. The van der Waals surface area contributed by atoms with Crippen LogP contribution in [0, 0.1) is 15.4 Å². The number of halogens is 3. The van der Waals surface area contributed by atoms with Crippen molar-refractivity contribution in [2.75, 3.05) is 32.5 Å². The molecule has 4 amide bonds. The molecule has 2 saturated heterocycles. The molecule has 4 atom stereocenters. The van der Waals surface area contributed by atoms with Gasteiger partial charge in [-0.2, -0.15) is 0 Å². The number of likely N-dealkylation sites (tertiary alicyclic amines) is 1. The van der Waals surface area contributed by atoms with Gasteiger partial charge in [-0.25, -0.2) is 4.79 Å². The van der Waals surface area contributed by atoms with Crippen LogP contribution in [0.15, 0.2) is 59.7 Å². The second kappa shape index (κ2) is 12.0. The van der Waals surface area contributed by atoms with Gasteiger partial charge in [-0.05, 0) is 82.8 Å². The monoisotopic (exact) mass is 734 g/mol. The number of carbonyl (C=O) groups is 3. The van der Waals surface area contributed by atoms with E-state index in [2.05, 4.69) is 39.3 Å². The van der Waals surface area contributed by atoms with Crippen LogP contribution in [0.2, 0.25) is 5.02 Å². The minimum atomic E-state index is -1.14. The van der Waals surface area contributed by atoms with Crippen LogP contribution in [0.4, 0.5) is 10.5 Å². The summed E-state index contributed by atoms with van der Waals surface area (Å²) >= 11 is 15.1. The second-order valence-electron chi connectivity index (χ2n) is 11.9. The summed E-state index contributed by atoms with van der Waals surface area (Å²) < 4.78 is 7.61. The SMILES string of the molecule is CN(C)C(=O)N1CCC(Oc2ccc(I)cc2[C@@H]2NC(=O)C[C@@H](C3C=CC=C(Cl)C3)[C@]23C(=O)Nc2cc(Cl)ccc23)CC1. The highest BCUT2D eigenvalue weighted by Crippen LogP contribution is 2.58. The van der Waals surface area contributed by atoms with E-state index >= 15 is 0 Å². The Morgan fingerprint density at radius 1 is 1.09 bits per heavy atom. The van der Waals surface area contributed by atoms with Gasteiger partial charge in [-0.15, -0.1) is 0 Å². The molecule has 11 heteroatoms. The fourth-order valence-corrected chi connectivity index (χ4v) is 8.06. The van der Waals surface area contributed by atoms with E-state index in [1.807, 2.05) is 41.3 Å². The third-order valence-electron chi connectivity index (χ3n) is 9.06. The van der Waals surface area contributed by atoms with Gasteiger partial charge in [-0.1, -0.05) is 41.4 Å². The number of piperidine rings is 2. The number of nitrogens with one attached hydrogen (secondary N) is 2. The predicted molar refractivity (Wildman–Crippen MR) is 175 cm³/mol. The molecule has 0 saturated carbocycles. The average molecular weight is 735 g/mol. The lowest BCUT2D eigenvalue weighted by Gasteiger charge is -2.49. The van der Waals surface area contributed by atoms with E-state index in [4.69, 9.17) is 27.9 Å². The van der Waals surface area contributed by atoms with Crippen molar-refractivity contribution < 1.29 is 19.1 Å². The minimum absolute atomic E-state index is 0.0102. The fraction of sp³-hybridized carbons (Fsp3) is 0.406. The minimum Gasteiger partial charge on any atom is -0.490 e. The van der Waals surface area contributed by atoms with Gasteiger partial charge in [0.1, 0.15) is 17.3 Å². The maximum absolute atomic E-state index is 14.4. The lowest BCUT2D eigenvalue weighted by atomic mass is 9.57. The van der Waals surface area contributed by atoms with E-state index in [9.17, 15) is 14.4 Å². The van der Waals surface area contributed by atoms with Gasteiger partial charge >= 0.3 is 6.03 Å². The fourth-order valence-electron chi connectivity index (χ4n) is 7.12. The maximum Gasteiger partial charge on any atom is 0.319 e. The highest BCUT2D eigenvalue weighted by molar-refractivity contribution is 14.1. The van der Waals surface area contributed by atoms with Crippen molar-refractivity contribution in [3.63, 3.8) is 0 Å². The van der Waals surface area contributed by atoms with Gasteiger partial charge in [-0.3, -0.25) is 9.59 Å². The van der Waals surface area contributed by atoms with Crippen molar-refractivity contribution in [2.45, 2.75) is 43.2 Å². The normalized spacial score (nSPS) is 27.0. The molecule has 8 nitrogen and oxygen atoms in total. The van der Waals surface area contributed by atoms with Gasteiger partial charge in [0.15, 0.2) is 0 Å². The van der Waals surface area contributed by atoms with E-state index in [1.165, 1.54) is 0 Å². The van der Waals surface area contributed by atoms with Crippen molar-refractivity contribution in [3.05, 3.63) is 79.4 Å². The van der Waals surface area contributed by atoms with Crippen molar-refractivity contribution in [2.24, 2.45) is 11.8 Å². The molecule has 1 aliphatic carbocycles. The number of ether oxygens (including phenoxy) is 1. The maximum atomic E-state index is 14.4. The van der Waals surface area contributed by atoms with Crippen LogP contribution in [-0.4, -0.2) is 60.9 Å². The van der Waals surface area contributed by atoms with Gasteiger partial charge < -0.3 is 25.2 Å². The number of rotatable bonds is 4. The van der Waals surface area contributed by atoms with Crippen molar-refractivity contribution in [1.29, 1.82) is 0 Å². The Morgan fingerprint density at radius 3 is 2.58 bits per heavy atom. The molecule has 43 heavy (non-hydrogen) atoms. The molecule has 2 aromatic carbocycles. The molecule has 4 aliphatic rings. The lowest BCUT2D eigenvalue weighted by Crippen LogP contribution is -2.59. The lowest BCUT2D eigenvalue weighted by molar-refractivity contribution is -0.135. The van der Waals surface area contributed by atoms with Crippen LogP contribution in [0.1, 0.15) is 42.9 Å². The summed E-state index contributed by atoms with van der Waals surface area (Å²) in [5.41, 5.74) is 1.06. The molecule has 0 bridgehead atoms. The summed E-state index contributed by atoms with van der Waals surface area (Å²) in [6, 6.07) is 10.6. The molecule has 3 heterocycles. The smallest absolute Gasteiger partial charge is 0.319 e. The van der Waals surface area contributed by atoms with Crippen molar-refractivity contribution >= 4 is 69.3 Å². The molecule has 3 aliphatic heterocycles. The zero-order valence-electron chi connectivity index (χ0n) is 23.9. The number of hydrogen-bond donors (Lipinski definition) is 2. The molecule has 2 fully saturated rings. The Balaban J connectivity index is 1.43. The van der Waals surface area contributed by atoms with E-state index in [-0.39, 0.29) is 42.2 Å². The van der Waals surface area contributed by atoms with E-state index in [1.54, 1.807) is 31.1 Å². The standard InChI is InChI=1S/C32H33Cl2IN4O4/c1-38(2)31(42)39-12-10-22(11-13-39)43-27-9-7-21(35)16-23(27)29-32(24-8-6-20(34)15-26(24)36-30(32)41)25(17-28(40)37-29)18-4-3-5-19(33)14-18/h3-9,15-16,18,22,25,29H,10-14,17H2,1-2H3,(H,36,41)(H,37,40)/t18?,25-,29-,32-/m0/s1. The molecule has 0 radical (unpaired) electrons. The Hall–Kier alpha value is -2.76. The third-order valence-corrected chi connectivity index (χ3v) is 10.2. The number of amides is 4. The second-order valence-corrected chi connectivity index (χ2v) is 14.0. The summed E-state index contributed by atoms with van der Waals surface area (Å²) in [7, 11) is 3.51. The van der Waals surface area contributed by atoms with E-state index < -0.39 is 11.5 Å². The van der Waals surface area contributed by atoms with Crippen molar-refractivity contribution in [3.8, 4) is 5.75 Å². The molecular weight excluding hydrogens is 702 g/mol. The van der Waals surface area contributed by atoms with Crippen LogP contribution >= 0.6 is 45.8 Å². The average Bonchev–Trinajstić information content (AvgIpc) is 3.25. The summed E-state index contributed by atoms with van der Waals surface area (Å²) in [6.07, 6.45) is 7.77. The van der Waals surface area contributed by atoms with Gasteiger partial charge in [0.05, 0.1) is 6.04 Å². The van der Waals surface area contributed by atoms with E-state index in [0.29, 0.717) is 53.8 Å². The summed E-state index contributed by atoms with van der Waals surface area (Å²) in [4.78, 5) is 43.8. The van der Waals surface area contributed by atoms with Gasteiger partial charge in [0, 0.05) is 71.3 Å². The number of urea groups is 1. The number of allylic oxidation sites excluding steroid dienone is 4. The molecule has 6 rings (SSSR count). The largest absolute Gasteiger partial charge is 0.490 e. The van der Waals surface area contributed by atoms with Crippen LogP contribution < -0.4 is 15.4 Å². The first kappa shape index (κ1) is 30.3. The first-order valence-corrected chi connectivity index (χ1v) is 16.3. The first-order chi connectivity index (χ1) is 20.6. The van der Waals surface area contributed by atoms with Crippen molar-refractivity contribution in [1.82, 2.24) is 15.1 Å². The topological polar surface area (TPSA) is 91.0 Å². The molecule has 1 spiro atoms. The Labute approximate surface area is 274 Å². The zero-order valence-corrected chi connectivity index (χ0v) is 27.6. The van der Waals surface area contributed by atoms with Gasteiger partial charge in [0.25, 0.3) is 0 Å². The summed E-state index contributed by atoms with van der Waals surface area (Å²) in [6.45, 7) is 1.18. The van der Waals surface area contributed by atoms with Crippen LogP contribution in [0.25, 0.3) is 0 Å². The Kier molecular flexibility index (Phi) is 8.43. The Morgan fingerprint density at radius 2 is 1.86 bits per heavy atom. The summed E-state index contributed by atoms with van der Waals surface area (Å²) in [5.74, 6) is -0.202. The zero-order chi connectivity index (χ0) is 30.5. The van der Waals surface area contributed by atoms with E-state index in [0.717, 1.165) is 14.7 Å².